The third kappa shape index (κ3) is 4.51. The van der Waals surface area contributed by atoms with Gasteiger partial charge in [-0.3, -0.25) is 9.69 Å². The van der Waals surface area contributed by atoms with Crippen LogP contribution in [0.5, 0.6) is 0 Å². The van der Waals surface area contributed by atoms with Crippen LogP contribution in [-0.4, -0.2) is 61.9 Å². The Morgan fingerprint density at radius 2 is 1.96 bits per heavy atom. The van der Waals surface area contributed by atoms with E-state index in [0.717, 1.165) is 18.7 Å². The average molecular weight is 403 g/mol. The van der Waals surface area contributed by atoms with E-state index in [0.29, 0.717) is 13.1 Å². The van der Waals surface area contributed by atoms with Gasteiger partial charge in [0.25, 0.3) is 15.9 Å². The van der Waals surface area contributed by atoms with Crippen LogP contribution in [0.4, 0.5) is 0 Å². The van der Waals surface area contributed by atoms with Crippen LogP contribution in [0.2, 0.25) is 0 Å². The molecule has 0 aliphatic carbocycles. The van der Waals surface area contributed by atoms with E-state index in [1.807, 2.05) is 18.2 Å². The Morgan fingerprint density at radius 1 is 1.25 bits per heavy atom. The highest BCUT2D eigenvalue weighted by molar-refractivity contribution is 7.90. The topological polar surface area (TPSA) is 82.1 Å². The van der Waals surface area contributed by atoms with Crippen molar-refractivity contribution in [1.29, 1.82) is 0 Å². The Bertz CT molecular complexity index is 903. The monoisotopic (exact) mass is 402 g/mol. The molecule has 1 N–H and O–H groups in total. The number of likely N-dealkylation sites (N-methyl/N-ethyl adjacent to an activating group) is 1. The van der Waals surface area contributed by atoms with E-state index in [1.165, 1.54) is 0 Å². The summed E-state index contributed by atoms with van der Waals surface area (Å²) in [6.07, 6.45) is 5.10. The van der Waals surface area contributed by atoms with Gasteiger partial charge < -0.3 is 10.2 Å². The van der Waals surface area contributed by atoms with Gasteiger partial charge in [0.05, 0.1) is 17.4 Å². The van der Waals surface area contributed by atoms with Gasteiger partial charge in [0.15, 0.2) is 5.84 Å². The van der Waals surface area contributed by atoms with Crippen LogP contribution in [0.3, 0.4) is 0 Å². The van der Waals surface area contributed by atoms with Gasteiger partial charge in [-0.05, 0) is 30.8 Å². The molecule has 0 saturated carbocycles. The molecule has 1 aromatic rings. The number of rotatable bonds is 7. The lowest BCUT2D eigenvalue weighted by molar-refractivity contribution is -0.117. The standard InChI is InChI=1S/C20H26N4O3S/c1-3-23(4-2)18(16-9-6-5-7-10-16)15-21-20(25)17-11-8-12-24-13-14-28(26,27)22-19(17)24/h5-12,18H,3-4,13-15H2,1-2H3,(H,21,25). The summed E-state index contributed by atoms with van der Waals surface area (Å²) in [5.74, 6) is -0.169. The zero-order valence-electron chi connectivity index (χ0n) is 16.2. The van der Waals surface area contributed by atoms with Gasteiger partial charge in [0.1, 0.15) is 0 Å². The quantitative estimate of drug-likeness (QED) is 0.750. The fourth-order valence-electron chi connectivity index (χ4n) is 3.48. The van der Waals surface area contributed by atoms with Crippen molar-refractivity contribution in [3.8, 4) is 0 Å². The molecular formula is C20H26N4O3S. The second kappa shape index (κ2) is 8.70. The van der Waals surface area contributed by atoms with Crippen molar-refractivity contribution in [1.82, 2.24) is 15.1 Å². The molecule has 28 heavy (non-hydrogen) atoms. The highest BCUT2D eigenvalue weighted by Gasteiger charge is 2.30. The minimum atomic E-state index is -3.53. The van der Waals surface area contributed by atoms with Crippen LogP contribution in [0.1, 0.15) is 25.5 Å². The van der Waals surface area contributed by atoms with Gasteiger partial charge in [0.2, 0.25) is 0 Å². The molecule has 0 fully saturated rings. The fraction of sp³-hybridized carbons (Fsp3) is 0.400. The Balaban J connectivity index is 1.78. The largest absolute Gasteiger partial charge is 0.350 e. The van der Waals surface area contributed by atoms with Crippen molar-refractivity contribution < 1.29 is 13.2 Å². The average Bonchev–Trinajstić information content (AvgIpc) is 2.70. The maximum Gasteiger partial charge on any atom is 0.256 e. The number of hydrogen-bond donors (Lipinski definition) is 1. The summed E-state index contributed by atoms with van der Waals surface area (Å²) in [5.41, 5.74) is 1.40. The van der Waals surface area contributed by atoms with Crippen LogP contribution in [0.25, 0.3) is 0 Å². The van der Waals surface area contributed by atoms with E-state index in [2.05, 4.69) is 40.6 Å². The summed E-state index contributed by atoms with van der Waals surface area (Å²) in [6, 6.07) is 10.1. The molecule has 0 bridgehead atoms. The number of nitrogens with zero attached hydrogens (tertiary/aromatic N) is 3. The maximum absolute atomic E-state index is 12.9. The maximum atomic E-state index is 12.9. The molecule has 7 nitrogen and oxygen atoms in total. The Labute approximate surface area is 166 Å². The highest BCUT2D eigenvalue weighted by atomic mass is 32.2. The van der Waals surface area contributed by atoms with Crippen LogP contribution < -0.4 is 5.32 Å². The highest BCUT2D eigenvalue weighted by Crippen LogP contribution is 2.21. The molecule has 2 aliphatic heterocycles. The summed E-state index contributed by atoms with van der Waals surface area (Å²) in [5, 5.41) is 2.98. The van der Waals surface area contributed by atoms with Crippen molar-refractivity contribution in [2.75, 3.05) is 31.9 Å². The van der Waals surface area contributed by atoms with Gasteiger partial charge in [-0.2, -0.15) is 0 Å². The van der Waals surface area contributed by atoms with Gasteiger partial charge in [-0.15, -0.1) is 4.40 Å². The number of carbonyl (C=O) groups is 1. The van der Waals surface area contributed by atoms with E-state index < -0.39 is 10.0 Å². The first-order chi connectivity index (χ1) is 13.4. The molecule has 150 valence electrons. The fourth-order valence-corrected chi connectivity index (χ4v) is 4.46. The summed E-state index contributed by atoms with van der Waals surface area (Å²) >= 11 is 0. The molecule has 8 heteroatoms. The van der Waals surface area contributed by atoms with Gasteiger partial charge in [-0.1, -0.05) is 44.2 Å². The number of fused-ring (bicyclic) bond motifs is 1. The van der Waals surface area contributed by atoms with Gasteiger partial charge in [0, 0.05) is 19.3 Å². The number of hydrogen-bond acceptors (Lipinski definition) is 5. The van der Waals surface area contributed by atoms with Crippen LogP contribution >= 0.6 is 0 Å². The van der Waals surface area contributed by atoms with Crippen LogP contribution in [0.15, 0.2) is 58.7 Å². The molecule has 2 aliphatic rings. The third-order valence-corrected chi connectivity index (χ3v) is 6.15. The van der Waals surface area contributed by atoms with Gasteiger partial charge in [-0.25, -0.2) is 8.42 Å². The lowest BCUT2D eigenvalue weighted by atomic mass is 10.0. The Hall–Kier alpha value is -2.45. The molecule has 1 atom stereocenters. The molecule has 0 radical (unpaired) electrons. The third-order valence-electron chi connectivity index (χ3n) is 5.00. The molecule has 3 rings (SSSR count). The summed E-state index contributed by atoms with van der Waals surface area (Å²) in [6.45, 7) is 6.62. The number of sulfonamides is 1. The van der Waals surface area contributed by atoms with Crippen LogP contribution in [0, 0.1) is 0 Å². The van der Waals surface area contributed by atoms with E-state index in [4.69, 9.17) is 0 Å². The van der Waals surface area contributed by atoms with E-state index >= 15 is 0 Å². The van der Waals surface area contributed by atoms with Gasteiger partial charge >= 0.3 is 0 Å². The number of nitrogens with one attached hydrogen (secondary N) is 1. The first-order valence-electron chi connectivity index (χ1n) is 9.50. The molecule has 1 aromatic carbocycles. The summed E-state index contributed by atoms with van der Waals surface area (Å²) in [7, 11) is -3.53. The minimum Gasteiger partial charge on any atom is -0.350 e. The van der Waals surface area contributed by atoms with E-state index in [-0.39, 0.29) is 29.1 Å². The zero-order valence-corrected chi connectivity index (χ0v) is 17.0. The Kier molecular flexibility index (Phi) is 6.31. The van der Waals surface area contributed by atoms with Crippen molar-refractivity contribution in [2.45, 2.75) is 19.9 Å². The lowest BCUT2D eigenvalue weighted by Gasteiger charge is -2.31. The molecule has 2 heterocycles. The van der Waals surface area contributed by atoms with Crippen molar-refractivity contribution in [3.05, 3.63) is 59.8 Å². The molecule has 1 unspecified atom stereocenters. The van der Waals surface area contributed by atoms with Crippen molar-refractivity contribution >= 4 is 21.8 Å². The number of benzene rings is 1. The first-order valence-corrected chi connectivity index (χ1v) is 11.1. The molecule has 0 aromatic heterocycles. The predicted molar refractivity (Wildman–Crippen MR) is 110 cm³/mol. The summed E-state index contributed by atoms with van der Waals surface area (Å²) < 4.78 is 27.6. The lowest BCUT2D eigenvalue weighted by Crippen LogP contribution is -2.44. The van der Waals surface area contributed by atoms with Crippen molar-refractivity contribution in [3.63, 3.8) is 0 Å². The number of allylic oxidation sites excluding steroid dienone is 2. The second-order valence-corrected chi connectivity index (χ2v) is 8.43. The number of amidine groups is 1. The van der Waals surface area contributed by atoms with Crippen LogP contribution in [-0.2, 0) is 14.8 Å². The first kappa shape index (κ1) is 20.3. The molecule has 1 amide bonds. The predicted octanol–water partition coefficient (Wildman–Crippen LogP) is 1.68. The normalized spacial score (nSPS) is 18.9. The zero-order chi connectivity index (χ0) is 20.1. The molecule has 0 saturated heterocycles. The number of amides is 1. The van der Waals surface area contributed by atoms with Crippen molar-refractivity contribution in [2.24, 2.45) is 4.40 Å². The second-order valence-electron chi connectivity index (χ2n) is 6.67. The van der Waals surface area contributed by atoms with E-state index in [9.17, 15) is 13.2 Å². The smallest absolute Gasteiger partial charge is 0.256 e. The Morgan fingerprint density at radius 3 is 2.64 bits per heavy atom. The minimum absolute atomic E-state index is 0.0352. The molecular weight excluding hydrogens is 376 g/mol. The molecule has 0 spiro atoms. The number of carbonyl (C=O) groups excluding carboxylic acids is 1. The summed E-state index contributed by atoms with van der Waals surface area (Å²) in [4.78, 5) is 16.8. The van der Waals surface area contributed by atoms with E-state index in [1.54, 1.807) is 23.3 Å². The SMILES string of the molecule is CCN(CC)C(CNC(=O)C1=CC=CN2CCS(=O)(=O)N=C12)c1ccccc1.